The number of hydrogen-bond donors (Lipinski definition) is 1. The second kappa shape index (κ2) is 7.17. The monoisotopic (exact) mass is 367 g/mol. The van der Waals surface area contributed by atoms with Crippen LogP contribution in [0, 0.1) is 0 Å². The van der Waals surface area contributed by atoms with E-state index < -0.39 is 0 Å². The van der Waals surface area contributed by atoms with Crippen LogP contribution in [0.3, 0.4) is 0 Å². The van der Waals surface area contributed by atoms with Gasteiger partial charge in [-0.05, 0) is 36.4 Å². The van der Waals surface area contributed by atoms with E-state index in [2.05, 4.69) is 20.2 Å². The van der Waals surface area contributed by atoms with Gasteiger partial charge in [-0.3, -0.25) is 9.97 Å². The Morgan fingerprint density at radius 2 is 1.77 bits per heavy atom. The van der Waals surface area contributed by atoms with Crippen molar-refractivity contribution in [3.63, 3.8) is 0 Å². The maximum absolute atomic E-state index is 12.4. The molecule has 1 aliphatic heterocycles. The van der Waals surface area contributed by atoms with Crippen molar-refractivity contribution in [2.45, 2.75) is 0 Å². The molecule has 0 saturated carbocycles. The first-order valence-corrected chi connectivity index (χ1v) is 8.84. The topological polar surface area (TPSA) is 61.4 Å². The molecule has 1 fully saturated rings. The summed E-state index contributed by atoms with van der Waals surface area (Å²) < 4.78 is 0. The maximum Gasteiger partial charge on any atom is 0.321 e. The molecule has 1 aromatic carbocycles. The highest BCUT2D eigenvalue weighted by molar-refractivity contribution is 6.31. The molecule has 0 unspecified atom stereocenters. The van der Waals surface area contributed by atoms with E-state index in [4.69, 9.17) is 11.6 Å². The molecule has 0 aliphatic carbocycles. The van der Waals surface area contributed by atoms with Gasteiger partial charge in [0.05, 0.1) is 5.52 Å². The summed E-state index contributed by atoms with van der Waals surface area (Å²) in [4.78, 5) is 24.9. The lowest BCUT2D eigenvalue weighted by Crippen LogP contribution is -2.50. The minimum atomic E-state index is -0.0813. The summed E-state index contributed by atoms with van der Waals surface area (Å²) in [6.45, 7) is 2.86. The van der Waals surface area contributed by atoms with Crippen molar-refractivity contribution in [3.05, 3.63) is 60.0 Å². The molecule has 0 radical (unpaired) electrons. The predicted molar refractivity (Wildman–Crippen MR) is 104 cm³/mol. The van der Waals surface area contributed by atoms with Crippen LogP contribution >= 0.6 is 11.6 Å². The molecule has 6 nitrogen and oxygen atoms in total. The number of urea groups is 1. The molecular weight excluding hydrogens is 350 g/mol. The summed E-state index contributed by atoms with van der Waals surface area (Å²) in [5.41, 5.74) is 2.76. The fourth-order valence-corrected chi connectivity index (χ4v) is 3.34. The Kier molecular flexibility index (Phi) is 4.58. The average Bonchev–Trinajstić information content (AvgIpc) is 2.68. The Hall–Kier alpha value is -2.86. The predicted octanol–water partition coefficient (Wildman–Crippen LogP) is 3.64. The molecule has 1 N–H and O–H groups in total. The van der Waals surface area contributed by atoms with Gasteiger partial charge in [0.15, 0.2) is 0 Å². The van der Waals surface area contributed by atoms with Gasteiger partial charge in [0.1, 0.15) is 0 Å². The summed E-state index contributed by atoms with van der Waals surface area (Å²) >= 11 is 6.07. The molecule has 0 bridgehead atoms. The summed E-state index contributed by atoms with van der Waals surface area (Å²) in [5, 5.41) is 4.66. The number of hydrogen-bond acceptors (Lipinski definition) is 4. The molecule has 4 rings (SSSR count). The highest BCUT2D eigenvalue weighted by atomic mass is 35.5. The van der Waals surface area contributed by atoms with E-state index in [1.165, 1.54) is 0 Å². The normalized spacial score (nSPS) is 14.5. The van der Waals surface area contributed by atoms with Gasteiger partial charge < -0.3 is 15.1 Å². The van der Waals surface area contributed by atoms with Gasteiger partial charge >= 0.3 is 6.03 Å². The average molecular weight is 368 g/mol. The zero-order valence-electron chi connectivity index (χ0n) is 14.1. The van der Waals surface area contributed by atoms with Gasteiger partial charge in [0, 0.05) is 66.6 Å². The first-order chi connectivity index (χ1) is 12.7. The van der Waals surface area contributed by atoms with Crippen molar-refractivity contribution in [1.82, 2.24) is 14.9 Å². The standard InChI is InChI=1S/C19H18ClN5O/c20-14-1-2-16-17(13-14)22-8-5-18(16)24-9-11-25(12-10-24)19(26)23-15-3-6-21-7-4-15/h1-8,13H,9-12H2,(H,21,23,26). The van der Waals surface area contributed by atoms with Crippen LogP contribution in [0.5, 0.6) is 0 Å². The second-order valence-corrected chi connectivity index (χ2v) is 6.57. The Morgan fingerprint density at radius 3 is 2.54 bits per heavy atom. The number of benzene rings is 1. The van der Waals surface area contributed by atoms with Crippen LogP contribution in [0.15, 0.2) is 55.0 Å². The lowest BCUT2D eigenvalue weighted by molar-refractivity contribution is 0.208. The van der Waals surface area contributed by atoms with E-state index >= 15 is 0 Å². The number of rotatable bonds is 2. The molecule has 3 aromatic rings. The fraction of sp³-hybridized carbons (Fsp3) is 0.211. The number of fused-ring (bicyclic) bond motifs is 1. The Labute approximate surface area is 156 Å². The van der Waals surface area contributed by atoms with Gasteiger partial charge in [-0.25, -0.2) is 4.79 Å². The summed E-state index contributed by atoms with van der Waals surface area (Å²) in [6.07, 6.45) is 5.12. The van der Waals surface area contributed by atoms with Crippen LogP contribution in [-0.2, 0) is 0 Å². The largest absolute Gasteiger partial charge is 0.367 e. The minimum absolute atomic E-state index is 0.0813. The number of halogens is 1. The van der Waals surface area contributed by atoms with Crippen LogP contribution in [0.1, 0.15) is 0 Å². The number of aromatic nitrogens is 2. The fourth-order valence-electron chi connectivity index (χ4n) is 3.17. The number of nitrogens with one attached hydrogen (secondary N) is 1. The van der Waals surface area contributed by atoms with E-state index in [9.17, 15) is 4.79 Å². The Balaban J connectivity index is 1.45. The van der Waals surface area contributed by atoms with Crippen molar-refractivity contribution in [2.24, 2.45) is 0 Å². The maximum atomic E-state index is 12.4. The summed E-state index contributed by atoms with van der Waals surface area (Å²) in [6, 6.07) is 11.3. The minimum Gasteiger partial charge on any atom is -0.367 e. The lowest BCUT2D eigenvalue weighted by Gasteiger charge is -2.36. The van der Waals surface area contributed by atoms with Crippen molar-refractivity contribution in [2.75, 3.05) is 36.4 Å². The zero-order valence-corrected chi connectivity index (χ0v) is 14.9. The summed E-state index contributed by atoms with van der Waals surface area (Å²) in [5.74, 6) is 0. The van der Waals surface area contributed by atoms with Gasteiger partial charge in [0.2, 0.25) is 0 Å². The van der Waals surface area contributed by atoms with Crippen LogP contribution < -0.4 is 10.2 Å². The Bertz CT molecular complexity index is 926. The third-order valence-corrected chi connectivity index (χ3v) is 4.76. The van der Waals surface area contributed by atoms with E-state index in [-0.39, 0.29) is 6.03 Å². The lowest BCUT2D eigenvalue weighted by atomic mass is 10.1. The molecule has 2 aromatic heterocycles. The van der Waals surface area contributed by atoms with Crippen LogP contribution in [-0.4, -0.2) is 47.1 Å². The Morgan fingerprint density at radius 1 is 1.00 bits per heavy atom. The van der Waals surface area contributed by atoms with E-state index in [1.807, 2.05) is 29.2 Å². The smallest absolute Gasteiger partial charge is 0.321 e. The molecule has 1 aliphatic rings. The molecule has 26 heavy (non-hydrogen) atoms. The molecule has 0 spiro atoms. The summed E-state index contributed by atoms with van der Waals surface area (Å²) in [7, 11) is 0. The number of nitrogens with zero attached hydrogens (tertiary/aromatic N) is 4. The number of carbonyl (C=O) groups is 1. The third kappa shape index (κ3) is 3.41. The highest BCUT2D eigenvalue weighted by Gasteiger charge is 2.22. The molecule has 7 heteroatoms. The second-order valence-electron chi connectivity index (χ2n) is 6.13. The van der Waals surface area contributed by atoms with Gasteiger partial charge in [-0.15, -0.1) is 0 Å². The molecule has 1 saturated heterocycles. The molecule has 0 atom stereocenters. The van der Waals surface area contributed by atoms with Crippen LogP contribution in [0.4, 0.5) is 16.2 Å². The number of carbonyl (C=O) groups excluding carboxylic acids is 1. The van der Waals surface area contributed by atoms with Crippen molar-refractivity contribution < 1.29 is 4.79 Å². The SMILES string of the molecule is O=C(Nc1ccncc1)N1CCN(c2ccnc3cc(Cl)ccc23)CC1. The quantitative estimate of drug-likeness (QED) is 0.751. The van der Waals surface area contributed by atoms with Gasteiger partial charge in [0.25, 0.3) is 0 Å². The van der Waals surface area contributed by atoms with Crippen LogP contribution in [0.2, 0.25) is 5.02 Å². The first kappa shape index (κ1) is 16.6. The highest BCUT2D eigenvalue weighted by Crippen LogP contribution is 2.28. The molecule has 2 amide bonds. The van der Waals surface area contributed by atoms with Crippen molar-refractivity contribution >= 4 is 39.9 Å². The number of anilines is 2. The van der Waals surface area contributed by atoms with Gasteiger partial charge in [-0.1, -0.05) is 11.6 Å². The number of pyridine rings is 2. The van der Waals surface area contributed by atoms with E-state index in [0.29, 0.717) is 18.1 Å². The third-order valence-electron chi connectivity index (χ3n) is 4.52. The molecule has 3 heterocycles. The van der Waals surface area contributed by atoms with Crippen LogP contribution in [0.25, 0.3) is 10.9 Å². The first-order valence-electron chi connectivity index (χ1n) is 8.46. The van der Waals surface area contributed by atoms with Crippen molar-refractivity contribution in [3.8, 4) is 0 Å². The molecule has 132 valence electrons. The molecular formula is C19H18ClN5O. The van der Waals surface area contributed by atoms with E-state index in [1.54, 1.807) is 30.7 Å². The van der Waals surface area contributed by atoms with Gasteiger partial charge in [-0.2, -0.15) is 0 Å². The number of piperazine rings is 1. The zero-order chi connectivity index (χ0) is 17.9. The van der Waals surface area contributed by atoms with Crippen molar-refractivity contribution in [1.29, 1.82) is 0 Å². The number of amides is 2. The van der Waals surface area contributed by atoms with E-state index in [0.717, 1.165) is 35.4 Å².